The molecule has 0 atom stereocenters. The lowest BCUT2D eigenvalue weighted by Crippen LogP contribution is -2.10. The molecule has 2 aromatic heterocycles. The van der Waals surface area contributed by atoms with E-state index in [0.29, 0.717) is 6.54 Å². The minimum Gasteiger partial charge on any atom is -0.370 e. The summed E-state index contributed by atoms with van der Waals surface area (Å²) in [5.74, 6) is 2.67. The monoisotopic (exact) mass is 245 g/mol. The lowest BCUT2D eigenvalue weighted by molar-refractivity contribution is 0.655. The van der Waals surface area contributed by atoms with Crippen LogP contribution in [-0.2, 0) is 6.54 Å². The molecule has 0 fully saturated rings. The fourth-order valence-corrected chi connectivity index (χ4v) is 1.84. The lowest BCUT2D eigenvalue weighted by atomic mass is 10.2. The molecule has 0 bridgehead atoms. The Bertz CT molecular complexity index is 518. The number of nitrogens with one attached hydrogen (secondary N) is 1. The number of rotatable bonds is 5. The van der Waals surface area contributed by atoms with Crippen LogP contribution >= 0.6 is 0 Å². The van der Waals surface area contributed by atoms with Crippen LogP contribution in [0.3, 0.4) is 0 Å². The van der Waals surface area contributed by atoms with Gasteiger partial charge in [-0.05, 0) is 26.3 Å². The Hall–Kier alpha value is -1.91. The average molecular weight is 245 g/mol. The highest BCUT2D eigenvalue weighted by molar-refractivity contribution is 5.43. The van der Waals surface area contributed by atoms with Crippen LogP contribution < -0.4 is 5.32 Å². The Morgan fingerprint density at radius 2 is 2.17 bits per heavy atom. The van der Waals surface area contributed by atoms with Crippen molar-refractivity contribution in [2.75, 3.05) is 11.9 Å². The zero-order valence-corrected chi connectivity index (χ0v) is 11.1. The van der Waals surface area contributed by atoms with E-state index < -0.39 is 0 Å². The maximum Gasteiger partial charge on any atom is 0.147 e. The summed E-state index contributed by atoms with van der Waals surface area (Å²) in [5.41, 5.74) is 1.14. The van der Waals surface area contributed by atoms with Crippen molar-refractivity contribution in [2.24, 2.45) is 0 Å². The molecule has 5 nitrogen and oxygen atoms in total. The van der Waals surface area contributed by atoms with Gasteiger partial charge in [0.15, 0.2) is 0 Å². The van der Waals surface area contributed by atoms with Gasteiger partial charge in [0.05, 0.1) is 6.54 Å². The summed E-state index contributed by atoms with van der Waals surface area (Å²) in [5, 5.41) is 7.71. The van der Waals surface area contributed by atoms with Crippen LogP contribution in [0, 0.1) is 13.8 Å². The maximum absolute atomic E-state index is 4.38. The summed E-state index contributed by atoms with van der Waals surface area (Å²) in [6.07, 6.45) is 2.89. The SMILES string of the molecule is CCCNc1ncccc1Cn1nc(C)nc1C. The highest BCUT2D eigenvalue weighted by Crippen LogP contribution is 2.13. The summed E-state index contributed by atoms with van der Waals surface area (Å²) in [6.45, 7) is 7.64. The molecule has 0 amide bonds. The zero-order chi connectivity index (χ0) is 13.0. The van der Waals surface area contributed by atoms with Crippen LogP contribution in [0.25, 0.3) is 0 Å². The van der Waals surface area contributed by atoms with Gasteiger partial charge in [-0.3, -0.25) is 0 Å². The van der Waals surface area contributed by atoms with Crippen molar-refractivity contribution < 1.29 is 0 Å². The van der Waals surface area contributed by atoms with Gasteiger partial charge in [0.2, 0.25) is 0 Å². The van der Waals surface area contributed by atoms with E-state index in [1.807, 2.05) is 24.6 Å². The Morgan fingerprint density at radius 3 is 2.83 bits per heavy atom. The van der Waals surface area contributed by atoms with Crippen molar-refractivity contribution in [1.82, 2.24) is 19.7 Å². The van der Waals surface area contributed by atoms with Gasteiger partial charge in [-0.15, -0.1) is 0 Å². The molecular weight excluding hydrogens is 226 g/mol. The summed E-state index contributed by atoms with van der Waals surface area (Å²) in [4.78, 5) is 8.69. The second-order valence-corrected chi connectivity index (χ2v) is 4.30. The van der Waals surface area contributed by atoms with E-state index in [2.05, 4.69) is 33.4 Å². The number of anilines is 1. The third kappa shape index (κ3) is 2.85. The minimum absolute atomic E-state index is 0.701. The van der Waals surface area contributed by atoms with Crippen molar-refractivity contribution in [2.45, 2.75) is 33.7 Å². The molecule has 0 saturated carbocycles. The molecule has 2 aromatic rings. The van der Waals surface area contributed by atoms with Gasteiger partial charge in [-0.1, -0.05) is 13.0 Å². The smallest absolute Gasteiger partial charge is 0.147 e. The predicted octanol–water partition coefficient (Wildman–Crippen LogP) is 2.16. The van der Waals surface area contributed by atoms with Gasteiger partial charge in [0.1, 0.15) is 17.5 Å². The number of pyridine rings is 1. The summed E-state index contributed by atoms with van der Waals surface area (Å²) in [6, 6.07) is 4.02. The maximum atomic E-state index is 4.38. The first-order chi connectivity index (χ1) is 8.70. The van der Waals surface area contributed by atoms with Crippen LogP contribution in [-0.4, -0.2) is 26.3 Å². The molecule has 2 heterocycles. The van der Waals surface area contributed by atoms with Crippen LogP contribution in [0.2, 0.25) is 0 Å². The van der Waals surface area contributed by atoms with Crippen molar-refractivity contribution in [3.8, 4) is 0 Å². The van der Waals surface area contributed by atoms with Crippen molar-refractivity contribution >= 4 is 5.82 Å². The molecular formula is C13H19N5. The van der Waals surface area contributed by atoms with E-state index in [-0.39, 0.29) is 0 Å². The van der Waals surface area contributed by atoms with Crippen molar-refractivity contribution in [1.29, 1.82) is 0 Å². The van der Waals surface area contributed by atoms with Crippen LogP contribution in [0.1, 0.15) is 30.6 Å². The molecule has 96 valence electrons. The van der Waals surface area contributed by atoms with Gasteiger partial charge >= 0.3 is 0 Å². The fraction of sp³-hybridized carbons (Fsp3) is 0.462. The summed E-state index contributed by atoms with van der Waals surface area (Å²) in [7, 11) is 0. The van der Waals surface area contributed by atoms with E-state index in [1.165, 1.54) is 0 Å². The standard InChI is InChI=1S/C13H19N5/c1-4-7-14-13-12(6-5-8-15-13)9-18-11(3)16-10(2)17-18/h5-6,8H,4,7,9H2,1-3H3,(H,14,15). The van der Waals surface area contributed by atoms with Crippen LogP contribution in [0.15, 0.2) is 18.3 Å². The zero-order valence-electron chi connectivity index (χ0n) is 11.1. The Morgan fingerprint density at radius 1 is 1.33 bits per heavy atom. The highest BCUT2D eigenvalue weighted by atomic mass is 15.3. The number of hydrogen-bond donors (Lipinski definition) is 1. The van der Waals surface area contributed by atoms with Gasteiger partial charge in [0.25, 0.3) is 0 Å². The topological polar surface area (TPSA) is 55.6 Å². The quantitative estimate of drug-likeness (QED) is 0.877. The normalized spacial score (nSPS) is 10.6. The molecule has 0 aliphatic carbocycles. The first-order valence-corrected chi connectivity index (χ1v) is 6.26. The highest BCUT2D eigenvalue weighted by Gasteiger charge is 2.07. The van der Waals surface area contributed by atoms with Gasteiger partial charge in [-0.25, -0.2) is 14.6 Å². The van der Waals surface area contributed by atoms with Crippen molar-refractivity contribution in [3.05, 3.63) is 35.5 Å². The molecule has 0 radical (unpaired) electrons. The predicted molar refractivity (Wildman–Crippen MR) is 71.6 cm³/mol. The molecule has 18 heavy (non-hydrogen) atoms. The molecule has 0 spiro atoms. The summed E-state index contributed by atoms with van der Waals surface area (Å²) >= 11 is 0. The van der Waals surface area contributed by atoms with Crippen LogP contribution in [0.4, 0.5) is 5.82 Å². The number of nitrogens with zero attached hydrogens (tertiary/aromatic N) is 4. The van der Waals surface area contributed by atoms with E-state index in [0.717, 1.165) is 36.0 Å². The molecule has 2 rings (SSSR count). The Balaban J connectivity index is 2.20. The van der Waals surface area contributed by atoms with Crippen molar-refractivity contribution in [3.63, 3.8) is 0 Å². The molecule has 0 unspecified atom stereocenters. The Labute approximate surface area is 107 Å². The number of hydrogen-bond acceptors (Lipinski definition) is 4. The fourth-order valence-electron chi connectivity index (χ4n) is 1.84. The molecule has 5 heteroatoms. The molecule has 0 aliphatic rings. The number of aryl methyl sites for hydroxylation is 2. The first kappa shape index (κ1) is 12.5. The minimum atomic E-state index is 0.701. The molecule has 1 N–H and O–H groups in total. The number of aromatic nitrogens is 4. The summed E-state index contributed by atoms with van der Waals surface area (Å²) < 4.78 is 1.91. The van der Waals surface area contributed by atoms with Gasteiger partial charge in [-0.2, -0.15) is 5.10 Å². The third-order valence-corrected chi connectivity index (χ3v) is 2.72. The average Bonchev–Trinajstić information content (AvgIpc) is 2.67. The lowest BCUT2D eigenvalue weighted by Gasteiger charge is -2.10. The van der Waals surface area contributed by atoms with Gasteiger partial charge in [0, 0.05) is 18.3 Å². The first-order valence-electron chi connectivity index (χ1n) is 6.26. The Kier molecular flexibility index (Phi) is 3.92. The third-order valence-electron chi connectivity index (χ3n) is 2.72. The second kappa shape index (κ2) is 5.62. The van der Waals surface area contributed by atoms with Crippen LogP contribution in [0.5, 0.6) is 0 Å². The molecule has 0 aliphatic heterocycles. The van der Waals surface area contributed by atoms with Gasteiger partial charge < -0.3 is 5.32 Å². The van der Waals surface area contributed by atoms with E-state index >= 15 is 0 Å². The largest absolute Gasteiger partial charge is 0.370 e. The van der Waals surface area contributed by atoms with E-state index in [9.17, 15) is 0 Å². The van der Waals surface area contributed by atoms with E-state index in [1.54, 1.807) is 6.20 Å². The second-order valence-electron chi connectivity index (χ2n) is 4.30. The molecule has 0 saturated heterocycles. The molecule has 0 aromatic carbocycles. The van der Waals surface area contributed by atoms with E-state index in [4.69, 9.17) is 0 Å².